The molecule has 1 N–H and O–H groups in total. The van der Waals surface area contributed by atoms with E-state index in [1.54, 1.807) is 4.90 Å². The van der Waals surface area contributed by atoms with Crippen molar-refractivity contribution in [2.75, 3.05) is 6.54 Å². The summed E-state index contributed by atoms with van der Waals surface area (Å²) < 4.78 is 5.71. The summed E-state index contributed by atoms with van der Waals surface area (Å²) in [6.07, 6.45) is 2.10. The van der Waals surface area contributed by atoms with Crippen LogP contribution in [0.3, 0.4) is 0 Å². The smallest absolute Gasteiger partial charge is 0.278 e. The van der Waals surface area contributed by atoms with E-state index in [0.29, 0.717) is 13.0 Å². The topological polar surface area (TPSA) is 75.3 Å². The molecule has 3 aromatic carbocycles. The fourth-order valence-electron chi connectivity index (χ4n) is 4.27. The predicted molar refractivity (Wildman–Crippen MR) is 141 cm³/mol. The van der Waals surface area contributed by atoms with E-state index in [2.05, 4.69) is 34.5 Å². The Morgan fingerprint density at radius 3 is 2.00 bits per heavy atom. The van der Waals surface area contributed by atoms with Crippen LogP contribution in [-0.4, -0.2) is 33.6 Å². The van der Waals surface area contributed by atoms with Crippen LogP contribution >= 0.6 is 0 Å². The Hall–Kier alpha value is -4.19. The normalized spacial score (nSPS) is 11.0. The van der Waals surface area contributed by atoms with E-state index in [1.165, 1.54) is 17.3 Å². The van der Waals surface area contributed by atoms with Gasteiger partial charge in [-0.1, -0.05) is 91.0 Å². The largest absolute Gasteiger partial charge is 0.483 e. The van der Waals surface area contributed by atoms with Gasteiger partial charge < -0.3 is 9.64 Å². The first-order valence-corrected chi connectivity index (χ1v) is 12.2. The molecule has 1 amide bonds. The molecular formula is C30H31N3O3. The predicted octanol–water partition coefficient (Wildman–Crippen LogP) is 5.42. The van der Waals surface area contributed by atoms with E-state index in [4.69, 9.17) is 4.74 Å². The van der Waals surface area contributed by atoms with Gasteiger partial charge in [-0.25, -0.2) is 0 Å². The van der Waals surface area contributed by atoms with Gasteiger partial charge in [0, 0.05) is 18.5 Å². The maximum atomic E-state index is 13.5. The summed E-state index contributed by atoms with van der Waals surface area (Å²) in [6, 6.07) is 30.0. The fourth-order valence-corrected chi connectivity index (χ4v) is 4.27. The highest BCUT2D eigenvalue weighted by atomic mass is 16.5. The molecule has 0 radical (unpaired) electrons. The van der Waals surface area contributed by atoms with E-state index in [-0.39, 0.29) is 30.0 Å². The molecule has 0 bridgehead atoms. The summed E-state index contributed by atoms with van der Waals surface area (Å²) in [5, 5.41) is 6.71. The Bertz CT molecular complexity index is 1270. The molecule has 36 heavy (non-hydrogen) atoms. The lowest BCUT2D eigenvalue weighted by Gasteiger charge is -2.28. The van der Waals surface area contributed by atoms with E-state index in [0.717, 1.165) is 5.56 Å². The number of carbonyl (C=O) groups excluding carboxylic acids is 1. The summed E-state index contributed by atoms with van der Waals surface area (Å²) in [6.45, 7) is 4.59. The Morgan fingerprint density at radius 1 is 0.889 bits per heavy atom. The number of aromatic amines is 1. The van der Waals surface area contributed by atoms with Gasteiger partial charge in [-0.3, -0.25) is 14.7 Å². The van der Waals surface area contributed by atoms with Crippen molar-refractivity contribution in [3.63, 3.8) is 0 Å². The van der Waals surface area contributed by atoms with Gasteiger partial charge in [-0.2, -0.15) is 5.10 Å². The molecule has 0 atom stereocenters. The summed E-state index contributed by atoms with van der Waals surface area (Å²) in [7, 11) is 0. The van der Waals surface area contributed by atoms with Crippen LogP contribution in [0.15, 0.2) is 102 Å². The number of amides is 1. The lowest BCUT2D eigenvalue weighted by atomic mass is 9.88. The highest BCUT2D eigenvalue weighted by Crippen LogP contribution is 2.28. The zero-order chi connectivity index (χ0) is 25.3. The number of carbonyl (C=O) groups is 1. The first-order chi connectivity index (χ1) is 17.5. The lowest BCUT2D eigenvalue weighted by molar-refractivity contribution is 0.0691. The van der Waals surface area contributed by atoms with Crippen molar-refractivity contribution in [2.45, 2.75) is 38.8 Å². The number of hydrogen-bond donors (Lipinski definition) is 1. The zero-order valence-corrected chi connectivity index (χ0v) is 20.6. The highest BCUT2D eigenvalue weighted by Gasteiger charge is 2.26. The van der Waals surface area contributed by atoms with Gasteiger partial charge in [-0.05, 0) is 37.0 Å². The Balaban J connectivity index is 1.53. The number of rotatable bonds is 10. The molecule has 4 rings (SSSR count). The van der Waals surface area contributed by atoms with Crippen molar-refractivity contribution in [2.24, 2.45) is 0 Å². The molecule has 6 nitrogen and oxygen atoms in total. The second-order valence-corrected chi connectivity index (χ2v) is 8.96. The summed E-state index contributed by atoms with van der Waals surface area (Å²) in [4.78, 5) is 28.3. The lowest BCUT2D eigenvalue weighted by Crippen LogP contribution is -2.41. The Kier molecular flexibility index (Phi) is 8.29. The monoisotopic (exact) mass is 481 g/mol. The first-order valence-electron chi connectivity index (χ1n) is 12.2. The summed E-state index contributed by atoms with van der Waals surface area (Å²) in [5.41, 5.74) is 2.63. The molecule has 184 valence electrons. The third-order valence-electron chi connectivity index (χ3n) is 6.20. The van der Waals surface area contributed by atoms with Crippen LogP contribution in [0, 0.1) is 0 Å². The Morgan fingerprint density at radius 2 is 1.44 bits per heavy atom. The van der Waals surface area contributed by atoms with Gasteiger partial charge in [0.2, 0.25) is 0 Å². The van der Waals surface area contributed by atoms with Crippen LogP contribution in [0.2, 0.25) is 0 Å². The van der Waals surface area contributed by atoms with Crippen LogP contribution in [0.25, 0.3) is 0 Å². The first kappa shape index (κ1) is 24.9. The number of nitrogens with zero attached hydrogens (tertiary/aromatic N) is 2. The number of aromatic nitrogens is 2. The minimum absolute atomic E-state index is 0.0763. The molecule has 1 aromatic heterocycles. The van der Waals surface area contributed by atoms with Crippen molar-refractivity contribution in [1.29, 1.82) is 0 Å². The third-order valence-corrected chi connectivity index (χ3v) is 6.20. The van der Waals surface area contributed by atoms with Gasteiger partial charge in [0.1, 0.15) is 6.61 Å². The minimum atomic E-state index is -0.511. The molecule has 0 aliphatic heterocycles. The average Bonchev–Trinajstić information content (AvgIpc) is 2.91. The number of benzene rings is 3. The van der Waals surface area contributed by atoms with E-state index in [9.17, 15) is 9.59 Å². The molecule has 0 saturated carbocycles. The minimum Gasteiger partial charge on any atom is -0.483 e. The third kappa shape index (κ3) is 6.08. The molecule has 0 aliphatic carbocycles. The molecule has 0 unspecified atom stereocenters. The molecular weight excluding hydrogens is 450 g/mol. The molecule has 0 spiro atoms. The van der Waals surface area contributed by atoms with Crippen molar-refractivity contribution in [3.8, 4) is 5.75 Å². The second-order valence-electron chi connectivity index (χ2n) is 8.96. The Labute approximate surface area is 211 Å². The summed E-state index contributed by atoms with van der Waals surface area (Å²) >= 11 is 0. The van der Waals surface area contributed by atoms with Crippen LogP contribution < -0.4 is 10.2 Å². The number of hydrogen-bond acceptors (Lipinski definition) is 4. The fraction of sp³-hybridized carbons (Fsp3) is 0.233. The SMILES string of the molecule is CC(C)N(CCC(c1ccccc1)c1ccccc1)C(=O)c1n[nH]cc(OCc2ccccc2)c1=O. The average molecular weight is 482 g/mol. The molecule has 0 fully saturated rings. The number of H-pyrrole nitrogens is 1. The highest BCUT2D eigenvalue weighted by molar-refractivity contribution is 5.92. The molecule has 0 aliphatic rings. The van der Waals surface area contributed by atoms with Crippen molar-refractivity contribution < 1.29 is 9.53 Å². The van der Waals surface area contributed by atoms with Crippen molar-refractivity contribution >= 4 is 5.91 Å². The summed E-state index contributed by atoms with van der Waals surface area (Å²) in [5.74, 6) is -0.211. The van der Waals surface area contributed by atoms with Crippen LogP contribution in [0.4, 0.5) is 0 Å². The van der Waals surface area contributed by atoms with E-state index >= 15 is 0 Å². The maximum absolute atomic E-state index is 13.5. The van der Waals surface area contributed by atoms with Gasteiger partial charge >= 0.3 is 0 Å². The molecule has 4 aromatic rings. The van der Waals surface area contributed by atoms with Gasteiger partial charge in [0.25, 0.3) is 11.3 Å². The van der Waals surface area contributed by atoms with E-state index in [1.807, 2.05) is 80.6 Å². The number of ether oxygens (including phenoxy) is 1. The standard InChI is InChI=1S/C30H31N3O3/c1-22(2)33(19-18-26(24-14-8-4-9-15-24)25-16-10-5-11-17-25)30(35)28-29(34)27(20-31-32-28)36-21-23-12-6-3-7-13-23/h3-17,20,22,26H,18-19,21H2,1-2H3,(H,31,34). The quantitative estimate of drug-likeness (QED) is 0.328. The van der Waals surface area contributed by atoms with Crippen molar-refractivity contribution in [3.05, 3.63) is 130 Å². The maximum Gasteiger partial charge on any atom is 0.278 e. The van der Waals surface area contributed by atoms with Crippen LogP contribution in [0.5, 0.6) is 5.75 Å². The second kappa shape index (κ2) is 12.0. The van der Waals surface area contributed by atoms with Gasteiger partial charge in [0.15, 0.2) is 11.4 Å². The van der Waals surface area contributed by atoms with Crippen LogP contribution in [-0.2, 0) is 6.61 Å². The van der Waals surface area contributed by atoms with Gasteiger partial charge in [0.05, 0.1) is 6.20 Å². The molecule has 1 heterocycles. The van der Waals surface area contributed by atoms with Crippen molar-refractivity contribution in [1.82, 2.24) is 15.1 Å². The molecule has 6 heteroatoms. The number of nitrogens with one attached hydrogen (secondary N) is 1. The molecule has 0 saturated heterocycles. The van der Waals surface area contributed by atoms with Gasteiger partial charge in [-0.15, -0.1) is 0 Å². The van der Waals surface area contributed by atoms with Crippen LogP contribution in [0.1, 0.15) is 53.4 Å². The van der Waals surface area contributed by atoms with E-state index < -0.39 is 11.3 Å². The zero-order valence-electron chi connectivity index (χ0n) is 20.6.